The number of anilines is 2. The van der Waals surface area contributed by atoms with Crippen LogP contribution in [-0.2, 0) is 9.59 Å². The molecule has 1 amide bonds. The summed E-state index contributed by atoms with van der Waals surface area (Å²) in [6.45, 7) is 4.20. The molecule has 0 saturated carbocycles. The molecule has 4 atom stereocenters. The Balaban J connectivity index is 1.50. The number of aryl methyl sites for hydroxylation is 1. The molecule has 0 aliphatic carbocycles. The Morgan fingerprint density at radius 2 is 1.96 bits per heavy atom. The van der Waals surface area contributed by atoms with Gasteiger partial charge < -0.3 is 5.32 Å². The van der Waals surface area contributed by atoms with Crippen molar-refractivity contribution in [2.45, 2.75) is 26.1 Å². The number of carbonyl (C=O) groups is 2. The van der Waals surface area contributed by atoms with Gasteiger partial charge in [-0.1, -0.05) is 23.8 Å². The average Bonchev–Trinajstić information content (AvgIpc) is 3.00. The number of nitrogens with zero attached hydrogens (tertiary/aromatic N) is 1. The van der Waals surface area contributed by atoms with Crippen LogP contribution in [0.4, 0.5) is 15.8 Å². The maximum Gasteiger partial charge on any atom is 0.236 e. The minimum Gasteiger partial charge on any atom is -0.325 e. The maximum absolute atomic E-state index is 13.3. The number of hydrogen-bond donors (Lipinski definition) is 3. The quantitative estimate of drug-likeness (QED) is 0.710. The lowest BCUT2D eigenvalue weighted by Gasteiger charge is -2.35. The number of halogens is 1. The van der Waals surface area contributed by atoms with E-state index in [1.807, 2.05) is 43.1 Å². The second-order valence-electron chi connectivity index (χ2n) is 7.46. The molecule has 2 saturated heterocycles. The molecule has 0 bridgehead atoms. The molecule has 0 radical (unpaired) electrons. The zero-order valence-electron chi connectivity index (χ0n) is 15.8. The summed E-state index contributed by atoms with van der Waals surface area (Å²) in [4.78, 5) is 25.8. The molecular weight excluding hydrogens is 359 g/mol. The van der Waals surface area contributed by atoms with Crippen LogP contribution in [-0.4, -0.2) is 30.4 Å². The minimum absolute atomic E-state index is 0.104. The number of nitrogens with one attached hydrogen (secondary N) is 3. The molecule has 2 aromatic carbocycles. The summed E-state index contributed by atoms with van der Waals surface area (Å²) >= 11 is 0. The molecule has 4 unspecified atom stereocenters. The number of Topliss-reactive ketones (excluding diaryl/α,β-unsaturated/α-hetero) is 1. The van der Waals surface area contributed by atoms with Crippen molar-refractivity contribution in [1.82, 2.24) is 10.7 Å². The molecule has 6 nitrogen and oxygen atoms in total. The van der Waals surface area contributed by atoms with E-state index in [4.69, 9.17) is 0 Å². The molecule has 0 aromatic heterocycles. The summed E-state index contributed by atoms with van der Waals surface area (Å²) in [7, 11) is 0. The topological polar surface area (TPSA) is 73.5 Å². The van der Waals surface area contributed by atoms with Crippen molar-refractivity contribution in [3.05, 3.63) is 59.9 Å². The molecule has 146 valence electrons. The van der Waals surface area contributed by atoms with E-state index in [2.05, 4.69) is 16.1 Å². The second-order valence-corrected chi connectivity index (χ2v) is 7.46. The number of rotatable bonds is 3. The fourth-order valence-corrected chi connectivity index (χ4v) is 3.96. The maximum atomic E-state index is 13.3. The number of hydrogen-bond acceptors (Lipinski definition) is 5. The third kappa shape index (κ3) is 3.39. The standard InChI is InChI=1S/C21H23FN4O2/c1-12-6-8-16(9-7-12)26-20-18(13(2)25-26)19(27)17(11-23-20)21(28)24-15-5-3-4-14(22)10-15/h3-10,13,17-18,20,23,25H,11H2,1-2H3,(H,24,28). The summed E-state index contributed by atoms with van der Waals surface area (Å²) in [6.07, 6.45) is -0.219. The van der Waals surface area contributed by atoms with Gasteiger partial charge in [-0.15, -0.1) is 0 Å². The van der Waals surface area contributed by atoms with Gasteiger partial charge >= 0.3 is 0 Å². The molecule has 3 N–H and O–H groups in total. The summed E-state index contributed by atoms with van der Waals surface area (Å²) < 4.78 is 13.3. The highest BCUT2D eigenvalue weighted by atomic mass is 19.1. The number of amides is 1. The van der Waals surface area contributed by atoms with E-state index in [0.29, 0.717) is 5.69 Å². The van der Waals surface area contributed by atoms with Crippen LogP contribution in [0.1, 0.15) is 12.5 Å². The summed E-state index contributed by atoms with van der Waals surface area (Å²) in [5, 5.41) is 7.96. The van der Waals surface area contributed by atoms with Crippen LogP contribution in [0.5, 0.6) is 0 Å². The predicted octanol–water partition coefficient (Wildman–Crippen LogP) is 2.22. The van der Waals surface area contributed by atoms with Gasteiger partial charge in [-0.3, -0.25) is 19.9 Å². The van der Waals surface area contributed by atoms with Gasteiger partial charge in [0, 0.05) is 18.3 Å². The Hall–Kier alpha value is -2.77. The highest BCUT2D eigenvalue weighted by Crippen LogP contribution is 2.32. The minimum atomic E-state index is -0.813. The summed E-state index contributed by atoms with van der Waals surface area (Å²) in [5.74, 6) is -2.13. The van der Waals surface area contributed by atoms with E-state index in [-0.39, 0.29) is 30.5 Å². The fraction of sp³-hybridized carbons (Fsp3) is 0.333. The predicted molar refractivity (Wildman–Crippen MR) is 105 cm³/mol. The van der Waals surface area contributed by atoms with Crippen molar-refractivity contribution >= 4 is 23.1 Å². The Bertz CT molecular complexity index is 902. The van der Waals surface area contributed by atoms with E-state index in [0.717, 1.165) is 11.3 Å². The molecule has 7 heteroatoms. The highest BCUT2D eigenvalue weighted by molar-refractivity contribution is 6.09. The van der Waals surface area contributed by atoms with Gasteiger partial charge in [0.25, 0.3) is 0 Å². The lowest BCUT2D eigenvalue weighted by Crippen LogP contribution is -2.58. The first-order valence-electron chi connectivity index (χ1n) is 9.39. The Morgan fingerprint density at radius 1 is 1.21 bits per heavy atom. The molecule has 2 aromatic rings. The van der Waals surface area contributed by atoms with Gasteiger partial charge in [0.05, 0.1) is 11.6 Å². The second kappa shape index (κ2) is 7.33. The number of hydrazine groups is 1. The van der Waals surface area contributed by atoms with Crippen LogP contribution in [0.2, 0.25) is 0 Å². The normalized spacial score (nSPS) is 26.8. The first-order valence-corrected chi connectivity index (χ1v) is 9.39. The Labute approximate surface area is 163 Å². The summed E-state index contributed by atoms with van der Waals surface area (Å²) in [5.41, 5.74) is 5.82. The molecule has 2 aliphatic heterocycles. The Kier molecular flexibility index (Phi) is 4.87. The smallest absolute Gasteiger partial charge is 0.236 e. The first kappa shape index (κ1) is 18.6. The van der Waals surface area contributed by atoms with Gasteiger partial charge in [-0.25, -0.2) is 9.82 Å². The SMILES string of the molecule is Cc1ccc(N2NC(C)C3C(=O)C(C(=O)Nc4cccc(F)c4)CNC32)cc1. The first-order chi connectivity index (χ1) is 13.4. The third-order valence-electron chi connectivity index (χ3n) is 5.42. The highest BCUT2D eigenvalue weighted by Gasteiger charge is 2.50. The summed E-state index contributed by atoms with van der Waals surface area (Å²) in [6, 6.07) is 13.6. The zero-order valence-corrected chi connectivity index (χ0v) is 15.8. The van der Waals surface area contributed by atoms with Crippen molar-refractivity contribution < 1.29 is 14.0 Å². The molecule has 2 heterocycles. The monoisotopic (exact) mass is 382 g/mol. The van der Waals surface area contributed by atoms with Crippen LogP contribution >= 0.6 is 0 Å². The van der Waals surface area contributed by atoms with Crippen LogP contribution in [0.15, 0.2) is 48.5 Å². The van der Waals surface area contributed by atoms with Crippen molar-refractivity contribution in [1.29, 1.82) is 0 Å². The van der Waals surface area contributed by atoms with Crippen LogP contribution < -0.4 is 21.1 Å². The number of benzene rings is 2. The molecular formula is C21H23FN4O2. The van der Waals surface area contributed by atoms with Crippen molar-refractivity contribution in [2.24, 2.45) is 11.8 Å². The molecule has 4 rings (SSSR count). The van der Waals surface area contributed by atoms with Crippen molar-refractivity contribution in [2.75, 3.05) is 16.9 Å². The van der Waals surface area contributed by atoms with Crippen LogP contribution in [0.3, 0.4) is 0 Å². The largest absolute Gasteiger partial charge is 0.325 e. The van der Waals surface area contributed by atoms with E-state index in [1.165, 1.54) is 18.2 Å². The zero-order chi connectivity index (χ0) is 19.8. The number of fused-ring (bicyclic) bond motifs is 1. The van der Waals surface area contributed by atoms with Gasteiger partial charge in [-0.2, -0.15) is 0 Å². The van der Waals surface area contributed by atoms with E-state index >= 15 is 0 Å². The van der Waals surface area contributed by atoms with Crippen molar-refractivity contribution in [3.8, 4) is 0 Å². The average molecular weight is 382 g/mol. The third-order valence-corrected chi connectivity index (χ3v) is 5.42. The molecule has 0 spiro atoms. The Morgan fingerprint density at radius 3 is 2.68 bits per heavy atom. The number of carbonyl (C=O) groups excluding carboxylic acids is 2. The van der Waals surface area contributed by atoms with Crippen LogP contribution in [0.25, 0.3) is 0 Å². The van der Waals surface area contributed by atoms with E-state index in [1.54, 1.807) is 6.07 Å². The van der Waals surface area contributed by atoms with E-state index < -0.39 is 17.6 Å². The number of piperidine rings is 1. The fourth-order valence-electron chi connectivity index (χ4n) is 3.96. The number of ketones is 1. The van der Waals surface area contributed by atoms with Gasteiger partial charge in [-0.05, 0) is 44.2 Å². The van der Waals surface area contributed by atoms with Crippen molar-refractivity contribution in [3.63, 3.8) is 0 Å². The molecule has 28 heavy (non-hydrogen) atoms. The molecule has 2 fully saturated rings. The molecule has 2 aliphatic rings. The lowest BCUT2D eigenvalue weighted by molar-refractivity contribution is -0.136. The van der Waals surface area contributed by atoms with Crippen LogP contribution in [0, 0.1) is 24.6 Å². The van der Waals surface area contributed by atoms with Gasteiger partial charge in [0.1, 0.15) is 17.9 Å². The van der Waals surface area contributed by atoms with Gasteiger partial charge in [0.2, 0.25) is 5.91 Å². The van der Waals surface area contributed by atoms with E-state index in [9.17, 15) is 14.0 Å². The lowest BCUT2D eigenvalue weighted by atomic mass is 9.83. The van der Waals surface area contributed by atoms with Gasteiger partial charge in [0.15, 0.2) is 5.78 Å².